The predicted octanol–water partition coefficient (Wildman–Crippen LogP) is -0.00660. The molecule has 0 aromatic heterocycles. The van der Waals surface area contributed by atoms with Gasteiger partial charge in [0.25, 0.3) is 0 Å². The molecular formula is C24H30N4O6S. The molecule has 188 valence electrons. The SMILES string of the molecule is CC(NC(=O)C(Cc1ccccc1)NC(=O)C(Cc1ccc(O)cc1)NC(=O)C(N)CS)C(=O)O. The zero-order valence-corrected chi connectivity index (χ0v) is 20.1. The fourth-order valence-electron chi connectivity index (χ4n) is 3.15. The molecule has 7 N–H and O–H groups in total. The van der Waals surface area contributed by atoms with Crippen LogP contribution >= 0.6 is 12.6 Å². The number of nitrogens with one attached hydrogen (secondary N) is 3. The van der Waals surface area contributed by atoms with Crippen molar-refractivity contribution in [1.29, 1.82) is 0 Å². The molecule has 0 spiro atoms. The van der Waals surface area contributed by atoms with Crippen LogP contribution in [0.25, 0.3) is 0 Å². The van der Waals surface area contributed by atoms with E-state index in [1.807, 2.05) is 0 Å². The maximum atomic E-state index is 13.3. The van der Waals surface area contributed by atoms with Gasteiger partial charge in [0.15, 0.2) is 0 Å². The number of thiol groups is 1. The molecular weight excluding hydrogens is 472 g/mol. The van der Waals surface area contributed by atoms with Gasteiger partial charge in [-0.15, -0.1) is 0 Å². The molecule has 0 aliphatic rings. The standard InChI is InChI=1S/C24H30N4O6S/c1-14(24(33)34)26-22(31)19(11-15-5-3-2-4-6-15)28-23(32)20(27-21(30)18(25)13-35)12-16-7-9-17(29)10-8-16/h2-10,14,18-20,29,35H,11-13,25H2,1H3,(H,26,31)(H,27,30)(H,28,32)(H,33,34). The smallest absolute Gasteiger partial charge is 0.325 e. The Balaban J connectivity index is 2.27. The van der Waals surface area contributed by atoms with Crippen molar-refractivity contribution in [1.82, 2.24) is 16.0 Å². The van der Waals surface area contributed by atoms with Crippen molar-refractivity contribution in [3.05, 3.63) is 65.7 Å². The highest BCUT2D eigenvalue weighted by molar-refractivity contribution is 7.80. The molecule has 0 bridgehead atoms. The fourth-order valence-corrected chi connectivity index (χ4v) is 3.31. The molecule has 10 nitrogen and oxygen atoms in total. The monoisotopic (exact) mass is 502 g/mol. The number of nitrogens with two attached hydrogens (primary N) is 1. The van der Waals surface area contributed by atoms with Gasteiger partial charge in [0, 0.05) is 18.6 Å². The first-order valence-corrected chi connectivity index (χ1v) is 11.6. The Morgan fingerprint density at radius 1 is 0.829 bits per heavy atom. The summed E-state index contributed by atoms with van der Waals surface area (Å²) in [5, 5.41) is 26.3. The first-order chi connectivity index (χ1) is 16.6. The molecule has 35 heavy (non-hydrogen) atoms. The maximum absolute atomic E-state index is 13.3. The number of carboxylic acid groups (broad SMARTS) is 1. The van der Waals surface area contributed by atoms with E-state index < -0.39 is 47.9 Å². The summed E-state index contributed by atoms with van der Waals surface area (Å²) >= 11 is 4.01. The Bertz CT molecular complexity index is 1020. The Morgan fingerprint density at radius 2 is 1.31 bits per heavy atom. The van der Waals surface area contributed by atoms with Crippen LogP contribution in [0.3, 0.4) is 0 Å². The fraction of sp³-hybridized carbons (Fsp3) is 0.333. The largest absolute Gasteiger partial charge is 0.508 e. The lowest BCUT2D eigenvalue weighted by Crippen LogP contribution is -2.58. The summed E-state index contributed by atoms with van der Waals surface area (Å²) in [7, 11) is 0. The molecule has 0 heterocycles. The Kier molecular flexibility index (Phi) is 10.6. The van der Waals surface area contributed by atoms with Crippen molar-refractivity contribution in [2.75, 3.05) is 5.75 Å². The van der Waals surface area contributed by atoms with Crippen LogP contribution in [0, 0.1) is 0 Å². The van der Waals surface area contributed by atoms with Gasteiger partial charge in [-0.25, -0.2) is 0 Å². The lowest BCUT2D eigenvalue weighted by molar-refractivity contribution is -0.141. The summed E-state index contributed by atoms with van der Waals surface area (Å²) in [6, 6.07) is 10.7. The number of carbonyl (C=O) groups is 4. The van der Waals surface area contributed by atoms with Crippen LogP contribution in [0.15, 0.2) is 54.6 Å². The second kappa shape index (κ2) is 13.4. The summed E-state index contributed by atoms with van der Waals surface area (Å²) in [4.78, 5) is 49.7. The minimum atomic E-state index is -1.22. The van der Waals surface area contributed by atoms with E-state index in [0.717, 1.165) is 5.56 Å². The van der Waals surface area contributed by atoms with Gasteiger partial charge in [-0.3, -0.25) is 19.2 Å². The van der Waals surface area contributed by atoms with Crippen LogP contribution in [-0.4, -0.2) is 63.8 Å². The van der Waals surface area contributed by atoms with Crippen LogP contribution in [0.5, 0.6) is 5.75 Å². The van der Waals surface area contributed by atoms with E-state index in [9.17, 15) is 24.3 Å². The molecule has 4 unspecified atom stereocenters. The molecule has 0 aliphatic heterocycles. The molecule has 0 fully saturated rings. The van der Waals surface area contributed by atoms with E-state index in [2.05, 4.69) is 28.6 Å². The zero-order valence-electron chi connectivity index (χ0n) is 19.2. The lowest BCUT2D eigenvalue weighted by Gasteiger charge is -2.25. The third-order valence-electron chi connectivity index (χ3n) is 5.19. The summed E-state index contributed by atoms with van der Waals surface area (Å²) in [5.74, 6) is -3.05. The molecule has 0 radical (unpaired) electrons. The van der Waals surface area contributed by atoms with Gasteiger partial charge in [-0.05, 0) is 30.2 Å². The van der Waals surface area contributed by atoms with Crippen molar-refractivity contribution < 1.29 is 29.4 Å². The molecule has 2 rings (SSSR count). The number of carboxylic acids is 1. The highest BCUT2D eigenvalue weighted by Crippen LogP contribution is 2.12. The molecule has 0 aliphatic carbocycles. The van der Waals surface area contributed by atoms with Gasteiger partial charge >= 0.3 is 5.97 Å². The quantitative estimate of drug-likeness (QED) is 0.200. The van der Waals surface area contributed by atoms with Crippen molar-refractivity contribution in [3.63, 3.8) is 0 Å². The van der Waals surface area contributed by atoms with Gasteiger partial charge in [0.05, 0.1) is 6.04 Å². The van der Waals surface area contributed by atoms with E-state index in [0.29, 0.717) is 5.56 Å². The summed E-state index contributed by atoms with van der Waals surface area (Å²) in [6.07, 6.45) is 0.156. The number of phenolic OH excluding ortho intramolecular Hbond substituents is 1. The summed E-state index contributed by atoms with van der Waals surface area (Å²) < 4.78 is 0. The van der Waals surface area contributed by atoms with Crippen molar-refractivity contribution >= 4 is 36.3 Å². The lowest BCUT2D eigenvalue weighted by atomic mass is 10.0. The van der Waals surface area contributed by atoms with Gasteiger partial charge < -0.3 is 31.9 Å². The average molecular weight is 503 g/mol. The number of carbonyl (C=O) groups excluding carboxylic acids is 3. The Labute approximate surface area is 208 Å². The Hall–Kier alpha value is -3.57. The van der Waals surface area contributed by atoms with E-state index in [1.165, 1.54) is 19.1 Å². The van der Waals surface area contributed by atoms with E-state index in [4.69, 9.17) is 10.8 Å². The number of aliphatic carboxylic acids is 1. The molecule has 0 saturated heterocycles. The third-order valence-corrected chi connectivity index (χ3v) is 5.58. The highest BCUT2D eigenvalue weighted by atomic mass is 32.1. The second-order valence-electron chi connectivity index (χ2n) is 8.04. The van der Waals surface area contributed by atoms with Crippen LogP contribution in [0.4, 0.5) is 0 Å². The van der Waals surface area contributed by atoms with Crippen LogP contribution in [0.2, 0.25) is 0 Å². The molecule has 2 aromatic rings. The molecule has 3 amide bonds. The first-order valence-electron chi connectivity index (χ1n) is 10.9. The van der Waals surface area contributed by atoms with E-state index >= 15 is 0 Å². The number of phenols is 1. The van der Waals surface area contributed by atoms with Gasteiger partial charge in [-0.2, -0.15) is 12.6 Å². The average Bonchev–Trinajstić information content (AvgIpc) is 2.84. The topological polar surface area (TPSA) is 171 Å². The van der Waals surface area contributed by atoms with Crippen molar-refractivity contribution in [2.45, 2.75) is 43.9 Å². The van der Waals surface area contributed by atoms with Crippen LogP contribution in [0.1, 0.15) is 18.1 Å². The number of benzene rings is 2. The maximum Gasteiger partial charge on any atom is 0.325 e. The minimum absolute atomic E-state index is 0.0445. The number of amides is 3. The highest BCUT2D eigenvalue weighted by Gasteiger charge is 2.29. The summed E-state index contributed by atoms with van der Waals surface area (Å²) in [5.41, 5.74) is 7.13. The minimum Gasteiger partial charge on any atom is -0.508 e. The molecule has 4 atom stereocenters. The van der Waals surface area contributed by atoms with Crippen molar-refractivity contribution in [2.24, 2.45) is 5.73 Å². The van der Waals surface area contributed by atoms with Gasteiger partial charge in [0.1, 0.15) is 23.9 Å². The van der Waals surface area contributed by atoms with Gasteiger partial charge in [-0.1, -0.05) is 42.5 Å². The third kappa shape index (κ3) is 8.95. The number of hydrogen-bond acceptors (Lipinski definition) is 7. The molecule has 0 saturated carbocycles. The predicted molar refractivity (Wildman–Crippen MR) is 133 cm³/mol. The van der Waals surface area contributed by atoms with Crippen LogP contribution in [-0.2, 0) is 32.0 Å². The van der Waals surface area contributed by atoms with Gasteiger partial charge in [0.2, 0.25) is 17.7 Å². The second-order valence-corrected chi connectivity index (χ2v) is 8.41. The first kappa shape index (κ1) is 27.7. The number of aromatic hydroxyl groups is 1. The van der Waals surface area contributed by atoms with Crippen LogP contribution < -0.4 is 21.7 Å². The van der Waals surface area contributed by atoms with Crippen molar-refractivity contribution in [3.8, 4) is 5.75 Å². The molecule has 2 aromatic carbocycles. The van der Waals surface area contributed by atoms with E-state index in [-0.39, 0.29) is 24.3 Å². The Morgan fingerprint density at radius 3 is 1.83 bits per heavy atom. The zero-order chi connectivity index (χ0) is 26.0. The normalized spacial score (nSPS) is 14.1. The number of rotatable bonds is 12. The number of hydrogen-bond donors (Lipinski definition) is 7. The molecule has 11 heteroatoms. The van der Waals surface area contributed by atoms with E-state index in [1.54, 1.807) is 42.5 Å². The summed E-state index contributed by atoms with van der Waals surface area (Å²) in [6.45, 7) is 1.31.